The van der Waals surface area contributed by atoms with Gasteiger partial charge in [-0.25, -0.2) is 0 Å². The van der Waals surface area contributed by atoms with E-state index < -0.39 is 0 Å². The zero-order valence-corrected chi connectivity index (χ0v) is 14.0. The molecule has 0 bridgehead atoms. The zero-order chi connectivity index (χ0) is 15.2. The standard InChI is InChI=1S/C18H30N2O/c1-5-15-9-10-20(12-15)13-17(19-6-2)16-11-14(3)7-8-18(16)21-4/h7-8,11,15,17,19H,5-6,9-10,12-13H2,1-4H3. The summed E-state index contributed by atoms with van der Waals surface area (Å²) in [5.74, 6) is 1.88. The van der Waals surface area contributed by atoms with Gasteiger partial charge in [-0.05, 0) is 38.4 Å². The second-order valence-electron chi connectivity index (χ2n) is 6.18. The first-order valence-electron chi connectivity index (χ1n) is 8.28. The van der Waals surface area contributed by atoms with Gasteiger partial charge >= 0.3 is 0 Å². The van der Waals surface area contributed by atoms with Gasteiger partial charge in [-0.1, -0.05) is 38.0 Å². The van der Waals surface area contributed by atoms with E-state index >= 15 is 0 Å². The highest BCUT2D eigenvalue weighted by molar-refractivity contribution is 5.39. The molecule has 1 aliphatic heterocycles. The van der Waals surface area contributed by atoms with E-state index in [0.29, 0.717) is 6.04 Å². The molecule has 3 nitrogen and oxygen atoms in total. The minimum Gasteiger partial charge on any atom is -0.496 e. The average molecular weight is 290 g/mol. The Morgan fingerprint density at radius 1 is 1.38 bits per heavy atom. The molecule has 0 aliphatic carbocycles. The number of likely N-dealkylation sites (tertiary alicyclic amines) is 1. The SMILES string of the molecule is CCNC(CN1CCC(CC)C1)c1cc(C)ccc1OC. The maximum atomic E-state index is 5.58. The first-order valence-corrected chi connectivity index (χ1v) is 8.28. The molecule has 0 amide bonds. The lowest BCUT2D eigenvalue weighted by Crippen LogP contribution is -2.34. The van der Waals surface area contributed by atoms with Crippen molar-refractivity contribution in [3.63, 3.8) is 0 Å². The number of benzene rings is 1. The van der Waals surface area contributed by atoms with Crippen LogP contribution in [0.25, 0.3) is 0 Å². The van der Waals surface area contributed by atoms with Crippen LogP contribution < -0.4 is 10.1 Å². The van der Waals surface area contributed by atoms with Gasteiger partial charge in [-0.2, -0.15) is 0 Å². The Morgan fingerprint density at radius 2 is 2.19 bits per heavy atom. The van der Waals surface area contributed by atoms with Crippen LogP contribution in [0, 0.1) is 12.8 Å². The van der Waals surface area contributed by atoms with Gasteiger partial charge in [0.05, 0.1) is 7.11 Å². The number of hydrogen-bond donors (Lipinski definition) is 1. The lowest BCUT2D eigenvalue weighted by atomic mass is 10.0. The van der Waals surface area contributed by atoms with Crippen LogP contribution in [0.2, 0.25) is 0 Å². The van der Waals surface area contributed by atoms with E-state index in [1.54, 1.807) is 7.11 Å². The highest BCUT2D eigenvalue weighted by Gasteiger charge is 2.25. The highest BCUT2D eigenvalue weighted by atomic mass is 16.5. The summed E-state index contributed by atoms with van der Waals surface area (Å²) in [6, 6.07) is 6.82. The minimum absolute atomic E-state index is 0.348. The number of methoxy groups -OCH3 is 1. The lowest BCUT2D eigenvalue weighted by Gasteiger charge is -2.26. The molecule has 1 aromatic carbocycles. The molecular formula is C18H30N2O. The van der Waals surface area contributed by atoms with Crippen molar-refractivity contribution in [2.45, 2.75) is 39.7 Å². The van der Waals surface area contributed by atoms with Crippen molar-refractivity contribution >= 4 is 0 Å². The Morgan fingerprint density at radius 3 is 2.81 bits per heavy atom. The van der Waals surface area contributed by atoms with E-state index in [1.807, 2.05) is 0 Å². The number of aryl methyl sites for hydroxylation is 1. The number of ether oxygens (including phenoxy) is 1. The molecule has 2 atom stereocenters. The molecule has 118 valence electrons. The topological polar surface area (TPSA) is 24.5 Å². The molecule has 0 saturated carbocycles. The third-order valence-electron chi connectivity index (χ3n) is 4.60. The van der Waals surface area contributed by atoms with Crippen LogP contribution in [-0.4, -0.2) is 38.2 Å². The highest BCUT2D eigenvalue weighted by Crippen LogP contribution is 2.29. The number of hydrogen-bond acceptors (Lipinski definition) is 3. The largest absolute Gasteiger partial charge is 0.496 e. The molecule has 1 saturated heterocycles. The molecule has 1 heterocycles. The van der Waals surface area contributed by atoms with Crippen LogP contribution in [-0.2, 0) is 0 Å². The van der Waals surface area contributed by atoms with Crippen molar-refractivity contribution in [2.75, 3.05) is 33.3 Å². The van der Waals surface area contributed by atoms with E-state index in [-0.39, 0.29) is 0 Å². The molecule has 0 spiro atoms. The quantitative estimate of drug-likeness (QED) is 0.833. The van der Waals surface area contributed by atoms with E-state index in [4.69, 9.17) is 4.74 Å². The van der Waals surface area contributed by atoms with Gasteiger partial charge in [0.15, 0.2) is 0 Å². The van der Waals surface area contributed by atoms with Gasteiger partial charge in [-0.15, -0.1) is 0 Å². The summed E-state index contributed by atoms with van der Waals surface area (Å²) in [6.07, 6.45) is 2.65. The maximum absolute atomic E-state index is 5.58. The molecule has 3 heteroatoms. The molecule has 0 aromatic heterocycles. The summed E-state index contributed by atoms with van der Waals surface area (Å²) in [5, 5.41) is 3.64. The van der Waals surface area contributed by atoms with Crippen molar-refractivity contribution in [3.8, 4) is 5.75 Å². The smallest absolute Gasteiger partial charge is 0.123 e. The second-order valence-corrected chi connectivity index (χ2v) is 6.18. The zero-order valence-electron chi connectivity index (χ0n) is 14.0. The predicted octanol–water partition coefficient (Wildman–Crippen LogP) is 3.39. The van der Waals surface area contributed by atoms with E-state index in [1.165, 1.54) is 37.1 Å². The van der Waals surface area contributed by atoms with Crippen molar-refractivity contribution in [3.05, 3.63) is 29.3 Å². The lowest BCUT2D eigenvalue weighted by molar-refractivity contribution is 0.279. The summed E-state index contributed by atoms with van der Waals surface area (Å²) in [5.41, 5.74) is 2.58. The Hall–Kier alpha value is -1.06. The van der Waals surface area contributed by atoms with Gasteiger partial charge in [-0.3, -0.25) is 0 Å². The van der Waals surface area contributed by atoms with Crippen molar-refractivity contribution < 1.29 is 4.74 Å². The Bertz CT molecular complexity index is 447. The molecule has 1 aliphatic rings. The van der Waals surface area contributed by atoms with Gasteiger partial charge in [0, 0.05) is 24.7 Å². The molecule has 1 fully saturated rings. The first-order chi connectivity index (χ1) is 10.2. The van der Waals surface area contributed by atoms with Crippen LogP contribution in [0.5, 0.6) is 5.75 Å². The third-order valence-corrected chi connectivity index (χ3v) is 4.60. The minimum atomic E-state index is 0.348. The molecule has 0 radical (unpaired) electrons. The van der Waals surface area contributed by atoms with Crippen molar-refractivity contribution in [2.24, 2.45) is 5.92 Å². The summed E-state index contributed by atoms with van der Waals surface area (Å²) in [7, 11) is 1.76. The van der Waals surface area contributed by atoms with E-state index in [2.05, 4.69) is 49.2 Å². The van der Waals surface area contributed by atoms with Crippen LogP contribution in [0.3, 0.4) is 0 Å². The molecule has 1 N–H and O–H groups in total. The molecule has 2 rings (SSSR count). The van der Waals surface area contributed by atoms with Crippen LogP contribution >= 0.6 is 0 Å². The third kappa shape index (κ3) is 4.21. The molecule has 21 heavy (non-hydrogen) atoms. The van der Waals surface area contributed by atoms with Crippen molar-refractivity contribution in [1.29, 1.82) is 0 Å². The van der Waals surface area contributed by atoms with Crippen LogP contribution in [0.1, 0.15) is 43.9 Å². The van der Waals surface area contributed by atoms with Crippen LogP contribution in [0.15, 0.2) is 18.2 Å². The van der Waals surface area contributed by atoms with Gasteiger partial charge in [0.25, 0.3) is 0 Å². The predicted molar refractivity (Wildman–Crippen MR) is 89.0 cm³/mol. The summed E-state index contributed by atoms with van der Waals surface area (Å²) in [6.45, 7) is 11.2. The molecule has 2 unspecified atom stereocenters. The Balaban J connectivity index is 2.13. The van der Waals surface area contributed by atoms with Crippen LogP contribution in [0.4, 0.5) is 0 Å². The maximum Gasteiger partial charge on any atom is 0.123 e. The normalized spacial score (nSPS) is 20.7. The Labute approximate surface area is 129 Å². The number of likely N-dealkylation sites (N-methyl/N-ethyl adjacent to an activating group) is 1. The molecule has 1 aromatic rings. The van der Waals surface area contributed by atoms with Gasteiger partial charge in [0.1, 0.15) is 5.75 Å². The Kier molecular flexibility index (Phi) is 6.07. The number of rotatable bonds is 7. The van der Waals surface area contributed by atoms with E-state index in [0.717, 1.165) is 24.8 Å². The molecular weight excluding hydrogens is 260 g/mol. The summed E-state index contributed by atoms with van der Waals surface area (Å²) < 4.78 is 5.58. The van der Waals surface area contributed by atoms with Gasteiger partial charge in [0.2, 0.25) is 0 Å². The average Bonchev–Trinajstić information content (AvgIpc) is 2.94. The van der Waals surface area contributed by atoms with Crippen molar-refractivity contribution in [1.82, 2.24) is 10.2 Å². The summed E-state index contributed by atoms with van der Waals surface area (Å²) in [4.78, 5) is 2.60. The van der Waals surface area contributed by atoms with E-state index in [9.17, 15) is 0 Å². The monoisotopic (exact) mass is 290 g/mol. The number of nitrogens with zero attached hydrogens (tertiary/aromatic N) is 1. The fourth-order valence-corrected chi connectivity index (χ4v) is 3.32. The number of nitrogens with one attached hydrogen (secondary N) is 1. The van der Waals surface area contributed by atoms with Gasteiger partial charge < -0.3 is 15.0 Å². The fraction of sp³-hybridized carbons (Fsp3) is 0.667. The first kappa shape index (κ1) is 16.3. The second kappa shape index (κ2) is 7.81. The fourth-order valence-electron chi connectivity index (χ4n) is 3.32. The summed E-state index contributed by atoms with van der Waals surface area (Å²) >= 11 is 0.